The van der Waals surface area contributed by atoms with Crippen LogP contribution in [0.25, 0.3) is 10.8 Å². The van der Waals surface area contributed by atoms with Crippen LogP contribution in [0.1, 0.15) is 22.8 Å². The van der Waals surface area contributed by atoms with E-state index in [1.54, 1.807) is 36.4 Å². The minimum absolute atomic E-state index is 0.0606. The summed E-state index contributed by atoms with van der Waals surface area (Å²) in [5.41, 5.74) is 3.26. The van der Waals surface area contributed by atoms with Gasteiger partial charge in [-0.2, -0.15) is 5.10 Å². The topological polar surface area (TPSA) is 100 Å². The number of fused-ring (bicyclic) bond motifs is 1. The predicted molar refractivity (Wildman–Crippen MR) is 111 cm³/mol. The smallest absolute Gasteiger partial charge is 0.259 e. The van der Waals surface area contributed by atoms with Gasteiger partial charge in [0.1, 0.15) is 11.5 Å². The van der Waals surface area contributed by atoms with Gasteiger partial charge in [-0.05, 0) is 48.0 Å². The average molecular weight is 391 g/mol. The lowest BCUT2D eigenvalue weighted by atomic mass is 10.0. The van der Waals surface area contributed by atoms with E-state index in [-0.39, 0.29) is 18.2 Å². The summed E-state index contributed by atoms with van der Waals surface area (Å²) in [5.74, 6) is -0.127. The molecule has 29 heavy (non-hydrogen) atoms. The highest BCUT2D eigenvalue weighted by Crippen LogP contribution is 2.25. The summed E-state index contributed by atoms with van der Waals surface area (Å²) in [7, 11) is 0. The molecule has 0 atom stereocenters. The molecule has 148 valence electrons. The zero-order chi connectivity index (χ0) is 20.6. The molecule has 2 amide bonds. The fourth-order valence-electron chi connectivity index (χ4n) is 2.76. The van der Waals surface area contributed by atoms with Crippen molar-refractivity contribution in [3.8, 4) is 11.5 Å². The number of amides is 2. The Morgan fingerprint density at radius 3 is 2.59 bits per heavy atom. The van der Waals surface area contributed by atoms with E-state index in [9.17, 15) is 14.7 Å². The summed E-state index contributed by atoms with van der Waals surface area (Å²) in [6, 6.07) is 17.5. The van der Waals surface area contributed by atoms with Crippen molar-refractivity contribution in [2.75, 3.05) is 13.2 Å². The highest BCUT2D eigenvalue weighted by Gasteiger charge is 2.08. The SMILES string of the molecule is CCOc1ccc(C(=O)NCC(=O)N/N=C\c2c(O)ccc3ccccc23)cc1. The maximum atomic E-state index is 12.1. The van der Waals surface area contributed by atoms with Crippen molar-refractivity contribution < 1.29 is 19.4 Å². The van der Waals surface area contributed by atoms with Crippen molar-refractivity contribution in [3.63, 3.8) is 0 Å². The summed E-state index contributed by atoms with van der Waals surface area (Å²) in [6.45, 7) is 2.19. The van der Waals surface area contributed by atoms with E-state index in [1.807, 2.05) is 31.2 Å². The van der Waals surface area contributed by atoms with Crippen LogP contribution in [0, 0.1) is 0 Å². The second kappa shape index (κ2) is 9.36. The summed E-state index contributed by atoms with van der Waals surface area (Å²) in [5, 5.41) is 18.2. The third-order valence-electron chi connectivity index (χ3n) is 4.17. The number of nitrogens with one attached hydrogen (secondary N) is 2. The Bertz CT molecular complexity index is 1050. The van der Waals surface area contributed by atoms with Gasteiger partial charge in [-0.1, -0.05) is 30.3 Å². The molecule has 3 aromatic rings. The number of carbonyl (C=O) groups is 2. The van der Waals surface area contributed by atoms with Crippen LogP contribution in [0.5, 0.6) is 11.5 Å². The molecule has 0 aliphatic carbocycles. The second-order valence-corrected chi connectivity index (χ2v) is 6.15. The Morgan fingerprint density at radius 1 is 1.07 bits per heavy atom. The molecule has 3 N–H and O–H groups in total. The lowest BCUT2D eigenvalue weighted by molar-refractivity contribution is -0.120. The Hall–Kier alpha value is -3.87. The lowest BCUT2D eigenvalue weighted by Crippen LogP contribution is -2.34. The average Bonchev–Trinajstić information content (AvgIpc) is 2.74. The normalized spacial score (nSPS) is 10.8. The number of phenolic OH excluding ortho intramolecular Hbond substituents is 1. The molecule has 0 radical (unpaired) electrons. The van der Waals surface area contributed by atoms with Crippen molar-refractivity contribution in [2.45, 2.75) is 6.92 Å². The monoisotopic (exact) mass is 391 g/mol. The first-order valence-corrected chi connectivity index (χ1v) is 9.12. The summed E-state index contributed by atoms with van der Waals surface area (Å²) in [6.07, 6.45) is 1.38. The van der Waals surface area contributed by atoms with E-state index in [2.05, 4.69) is 15.8 Å². The predicted octanol–water partition coefficient (Wildman–Crippen LogP) is 2.82. The summed E-state index contributed by atoms with van der Waals surface area (Å²) in [4.78, 5) is 24.0. The number of hydrazone groups is 1. The van der Waals surface area contributed by atoms with E-state index < -0.39 is 5.91 Å². The van der Waals surface area contributed by atoms with Gasteiger partial charge in [0.25, 0.3) is 11.8 Å². The van der Waals surface area contributed by atoms with E-state index in [4.69, 9.17) is 4.74 Å². The number of nitrogens with zero attached hydrogens (tertiary/aromatic N) is 1. The quantitative estimate of drug-likeness (QED) is 0.426. The first-order chi connectivity index (χ1) is 14.1. The Morgan fingerprint density at radius 2 is 1.83 bits per heavy atom. The van der Waals surface area contributed by atoms with Gasteiger partial charge in [0, 0.05) is 11.1 Å². The number of hydrogen-bond donors (Lipinski definition) is 3. The molecule has 3 aromatic carbocycles. The van der Waals surface area contributed by atoms with Gasteiger partial charge >= 0.3 is 0 Å². The fraction of sp³-hybridized carbons (Fsp3) is 0.136. The van der Waals surface area contributed by atoms with Gasteiger partial charge in [-0.15, -0.1) is 0 Å². The molecule has 0 fully saturated rings. The minimum Gasteiger partial charge on any atom is -0.507 e. The number of rotatable bonds is 7. The molecule has 0 aliphatic rings. The molecule has 7 nitrogen and oxygen atoms in total. The molecule has 0 unspecified atom stereocenters. The highest BCUT2D eigenvalue weighted by molar-refractivity contribution is 6.02. The van der Waals surface area contributed by atoms with Crippen molar-refractivity contribution >= 4 is 28.8 Å². The van der Waals surface area contributed by atoms with Crippen LogP contribution in [-0.4, -0.2) is 36.3 Å². The summed E-state index contributed by atoms with van der Waals surface area (Å²) >= 11 is 0. The molecule has 0 saturated carbocycles. The van der Waals surface area contributed by atoms with E-state index in [0.29, 0.717) is 23.5 Å². The van der Waals surface area contributed by atoms with Gasteiger partial charge in [-0.3, -0.25) is 9.59 Å². The fourth-order valence-corrected chi connectivity index (χ4v) is 2.76. The maximum absolute atomic E-state index is 12.1. The van der Waals surface area contributed by atoms with Crippen molar-refractivity contribution in [2.24, 2.45) is 5.10 Å². The standard InChI is InChI=1S/C22H21N3O4/c1-2-29-17-10-7-16(8-11-17)22(28)23-14-21(27)25-24-13-19-18-6-4-3-5-15(18)9-12-20(19)26/h3-13,26H,2,14H2,1H3,(H,23,28)(H,25,27)/b24-13-. The molecule has 0 bridgehead atoms. The molecule has 0 spiro atoms. The maximum Gasteiger partial charge on any atom is 0.259 e. The van der Waals surface area contributed by atoms with Crippen LogP contribution in [-0.2, 0) is 4.79 Å². The number of benzene rings is 3. The molecule has 7 heteroatoms. The van der Waals surface area contributed by atoms with Crippen LogP contribution in [0.2, 0.25) is 0 Å². The number of aromatic hydroxyl groups is 1. The summed E-state index contributed by atoms with van der Waals surface area (Å²) < 4.78 is 5.33. The zero-order valence-electron chi connectivity index (χ0n) is 15.9. The third kappa shape index (κ3) is 5.10. The van der Waals surface area contributed by atoms with Gasteiger partial charge in [0.05, 0.1) is 19.4 Å². The van der Waals surface area contributed by atoms with Crippen LogP contribution >= 0.6 is 0 Å². The highest BCUT2D eigenvalue weighted by atomic mass is 16.5. The van der Waals surface area contributed by atoms with Crippen molar-refractivity contribution in [1.29, 1.82) is 0 Å². The van der Waals surface area contributed by atoms with Crippen LogP contribution < -0.4 is 15.5 Å². The Balaban J connectivity index is 1.55. The zero-order valence-corrected chi connectivity index (χ0v) is 15.9. The molecule has 0 aliphatic heterocycles. The number of ether oxygens (including phenoxy) is 1. The Labute approximate surface area is 168 Å². The van der Waals surface area contributed by atoms with Crippen LogP contribution in [0.3, 0.4) is 0 Å². The van der Waals surface area contributed by atoms with Crippen LogP contribution in [0.15, 0.2) is 65.8 Å². The molecular weight excluding hydrogens is 370 g/mol. The number of hydrogen-bond acceptors (Lipinski definition) is 5. The third-order valence-corrected chi connectivity index (χ3v) is 4.17. The molecule has 0 saturated heterocycles. The molecule has 3 rings (SSSR count). The molecular formula is C22H21N3O4. The minimum atomic E-state index is -0.486. The van der Waals surface area contributed by atoms with E-state index >= 15 is 0 Å². The van der Waals surface area contributed by atoms with Gasteiger partial charge in [0.15, 0.2) is 0 Å². The van der Waals surface area contributed by atoms with Crippen molar-refractivity contribution in [3.05, 3.63) is 71.8 Å². The number of carbonyl (C=O) groups excluding carboxylic acids is 2. The van der Waals surface area contributed by atoms with Gasteiger partial charge in [0.2, 0.25) is 0 Å². The second-order valence-electron chi connectivity index (χ2n) is 6.15. The number of phenols is 1. The Kier molecular flexibility index (Phi) is 6.42. The van der Waals surface area contributed by atoms with Crippen LogP contribution in [0.4, 0.5) is 0 Å². The lowest BCUT2D eigenvalue weighted by Gasteiger charge is -2.07. The molecule has 0 heterocycles. The van der Waals surface area contributed by atoms with E-state index in [0.717, 1.165) is 10.8 Å². The van der Waals surface area contributed by atoms with E-state index in [1.165, 1.54) is 6.21 Å². The van der Waals surface area contributed by atoms with Gasteiger partial charge in [-0.25, -0.2) is 5.43 Å². The molecule has 0 aromatic heterocycles. The first-order valence-electron chi connectivity index (χ1n) is 9.12. The van der Waals surface area contributed by atoms with Crippen molar-refractivity contribution in [1.82, 2.24) is 10.7 Å². The van der Waals surface area contributed by atoms with Gasteiger partial charge < -0.3 is 15.2 Å². The first kappa shape index (κ1) is 19.9. The largest absolute Gasteiger partial charge is 0.507 e.